The van der Waals surface area contributed by atoms with Gasteiger partial charge in [-0.25, -0.2) is 0 Å². The second-order valence-corrected chi connectivity index (χ2v) is 5.89. The zero-order valence-electron chi connectivity index (χ0n) is 11.7. The lowest BCUT2D eigenvalue weighted by Gasteiger charge is -2.27. The van der Waals surface area contributed by atoms with E-state index in [4.69, 9.17) is 0 Å². The SMILES string of the molecule is CC1CCCC(CCNC(C)c2cccnc2)C1. The molecular weight excluding hydrogens is 220 g/mol. The summed E-state index contributed by atoms with van der Waals surface area (Å²) in [6.45, 7) is 5.76. The van der Waals surface area contributed by atoms with Gasteiger partial charge in [0.1, 0.15) is 0 Å². The first kappa shape index (κ1) is 13.5. The first-order valence-corrected chi connectivity index (χ1v) is 7.39. The molecule has 1 aliphatic rings. The first-order valence-electron chi connectivity index (χ1n) is 7.39. The van der Waals surface area contributed by atoms with Crippen molar-refractivity contribution in [3.05, 3.63) is 30.1 Å². The van der Waals surface area contributed by atoms with E-state index in [0.29, 0.717) is 6.04 Å². The lowest BCUT2D eigenvalue weighted by molar-refractivity contribution is 0.265. The van der Waals surface area contributed by atoms with E-state index in [1.54, 1.807) is 0 Å². The van der Waals surface area contributed by atoms with Crippen molar-refractivity contribution in [3.63, 3.8) is 0 Å². The maximum absolute atomic E-state index is 4.17. The number of hydrogen-bond acceptors (Lipinski definition) is 2. The van der Waals surface area contributed by atoms with E-state index in [1.165, 1.54) is 37.7 Å². The van der Waals surface area contributed by atoms with Gasteiger partial charge >= 0.3 is 0 Å². The molecule has 0 spiro atoms. The Balaban J connectivity index is 1.69. The van der Waals surface area contributed by atoms with Crippen molar-refractivity contribution in [3.8, 4) is 0 Å². The fourth-order valence-corrected chi connectivity index (χ4v) is 3.08. The van der Waals surface area contributed by atoms with Crippen molar-refractivity contribution < 1.29 is 0 Å². The summed E-state index contributed by atoms with van der Waals surface area (Å²) in [5.41, 5.74) is 1.29. The van der Waals surface area contributed by atoms with Crippen molar-refractivity contribution in [1.29, 1.82) is 0 Å². The van der Waals surface area contributed by atoms with Crippen molar-refractivity contribution in [2.45, 2.75) is 52.0 Å². The zero-order chi connectivity index (χ0) is 12.8. The average molecular weight is 246 g/mol. The molecule has 0 radical (unpaired) electrons. The summed E-state index contributed by atoms with van der Waals surface area (Å²) < 4.78 is 0. The topological polar surface area (TPSA) is 24.9 Å². The average Bonchev–Trinajstić information content (AvgIpc) is 2.40. The number of hydrogen-bond donors (Lipinski definition) is 1. The lowest BCUT2D eigenvalue weighted by Crippen LogP contribution is -2.23. The van der Waals surface area contributed by atoms with E-state index in [1.807, 2.05) is 18.5 Å². The van der Waals surface area contributed by atoms with Gasteiger partial charge in [0.25, 0.3) is 0 Å². The van der Waals surface area contributed by atoms with Gasteiger partial charge in [0, 0.05) is 18.4 Å². The van der Waals surface area contributed by atoms with Crippen LogP contribution in [0, 0.1) is 11.8 Å². The maximum atomic E-state index is 4.17. The van der Waals surface area contributed by atoms with E-state index in [9.17, 15) is 0 Å². The molecule has 1 saturated carbocycles. The molecular formula is C16H26N2. The summed E-state index contributed by atoms with van der Waals surface area (Å²) >= 11 is 0. The predicted molar refractivity (Wildman–Crippen MR) is 76.4 cm³/mol. The van der Waals surface area contributed by atoms with Crippen molar-refractivity contribution in [2.75, 3.05) is 6.54 Å². The van der Waals surface area contributed by atoms with Crippen molar-refractivity contribution in [2.24, 2.45) is 11.8 Å². The summed E-state index contributed by atoms with van der Waals surface area (Å²) in [7, 11) is 0. The number of aromatic nitrogens is 1. The maximum Gasteiger partial charge on any atom is 0.0315 e. The molecule has 0 bridgehead atoms. The molecule has 3 atom stereocenters. The normalized spacial score (nSPS) is 25.9. The Morgan fingerprint density at radius 3 is 3.06 bits per heavy atom. The monoisotopic (exact) mass is 246 g/mol. The smallest absolute Gasteiger partial charge is 0.0315 e. The summed E-state index contributed by atoms with van der Waals surface area (Å²) in [5, 5.41) is 3.62. The van der Waals surface area contributed by atoms with Crippen LogP contribution in [0.15, 0.2) is 24.5 Å². The summed E-state index contributed by atoms with van der Waals surface area (Å²) in [6.07, 6.45) is 10.9. The van der Waals surface area contributed by atoms with Crippen LogP contribution in [0.3, 0.4) is 0 Å². The Morgan fingerprint density at radius 2 is 2.33 bits per heavy atom. The number of nitrogens with one attached hydrogen (secondary N) is 1. The molecule has 1 aromatic rings. The molecule has 2 heteroatoms. The van der Waals surface area contributed by atoms with Gasteiger partial charge in [0.15, 0.2) is 0 Å². The van der Waals surface area contributed by atoms with Gasteiger partial charge in [0.05, 0.1) is 0 Å². The summed E-state index contributed by atoms with van der Waals surface area (Å²) in [4.78, 5) is 4.17. The minimum Gasteiger partial charge on any atom is -0.310 e. The molecule has 0 saturated heterocycles. The van der Waals surface area contributed by atoms with E-state index in [2.05, 4.69) is 30.2 Å². The van der Waals surface area contributed by atoms with Crippen molar-refractivity contribution in [1.82, 2.24) is 10.3 Å². The van der Waals surface area contributed by atoms with Crippen LogP contribution >= 0.6 is 0 Å². The third-order valence-corrected chi connectivity index (χ3v) is 4.23. The van der Waals surface area contributed by atoms with Crippen LogP contribution in [0.5, 0.6) is 0 Å². The van der Waals surface area contributed by atoms with Crippen LogP contribution in [0.25, 0.3) is 0 Å². The summed E-state index contributed by atoms with van der Waals surface area (Å²) in [6, 6.07) is 4.57. The Morgan fingerprint density at radius 1 is 1.44 bits per heavy atom. The second kappa shape index (κ2) is 6.89. The largest absolute Gasteiger partial charge is 0.310 e. The third kappa shape index (κ3) is 4.09. The van der Waals surface area contributed by atoms with E-state index >= 15 is 0 Å². The van der Waals surface area contributed by atoms with Gasteiger partial charge in [-0.15, -0.1) is 0 Å². The highest BCUT2D eigenvalue weighted by atomic mass is 14.9. The van der Waals surface area contributed by atoms with Crippen molar-refractivity contribution >= 4 is 0 Å². The van der Waals surface area contributed by atoms with Gasteiger partial charge in [-0.1, -0.05) is 32.3 Å². The van der Waals surface area contributed by atoms with Crippen LogP contribution in [-0.4, -0.2) is 11.5 Å². The van der Waals surface area contributed by atoms with Crippen LogP contribution in [0.1, 0.15) is 57.6 Å². The van der Waals surface area contributed by atoms with E-state index < -0.39 is 0 Å². The van der Waals surface area contributed by atoms with Crippen LogP contribution in [-0.2, 0) is 0 Å². The predicted octanol–water partition coefficient (Wildman–Crippen LogP) is 3.95. The molecule has 1 fully saturated rings. The number of rotatable bonds is 5. The van der Waals surface area contributed by atoms with E-state index in [0.717, 1.165) is 18.4 Å². The molecule has 0 aliphatic heterocycles. The summed E-state index contributed by atoms with van der Waals surface area (Å²) in [5.74, 6) is 1.89. The zero-order valence-corrected chi connectivity index (χ0v) is 11.7. The minimum atomic E-state index is 0.416. The van der Waals surface area contributed by atoms with Gasteiger partial charge in [0.2, 0.25) is 0 Å². The molecule has 18 heavy (non-hydrogen) atoms. The highest BCUT2D eigenvalue weighted by Gasteiger charge is 2.18. The van der Waals surface area contributed by atoms with Crippen LogP contribution in [0.4, 0.5) is 0 Å². The Bertz CT molecular complexity index is 336. The van der Waals surface area contributed by atoms with Gasteiger partial charge in [-0.05, 0) is 49.8 Å². The minimum absolute atomic E-state index is 0.416. The highest BCUT2D eigenvalue weighted by molar-refractivity contribution is 5.12. The molecule has 1 aromatic heterocycles. The fourth-order valence-electron chi connectivity index (χ4n) is 3.08. The standard InChI is InChI=1S/C16H26N2/c1-13-5-3-6-15(11-13)8-10-18-14(2)16-7-4-9-17-12-16/h4,7,9,12-15,18H,3,5-6,8,10-11H2,1-2H3. The first-order chi connectivity index (χ1) is 8.75. The number of pyridine rings is 1. The molecule has 1 N–H and O–H groups in total. The lowest BCUT2D eigenvalue weighted by atomic mass is 9.81. The molecule has 0 amide bonds. The van der Waals surface area contributed by atoms with Gasteiger partial charge in [-0.3, -0.25) is 4.98 Å². The molecule has 0 aromatic carbocycles. The molecule has 1 heterocycles. The quantitative estimate of drug-likeness (QED) is 0.851. The van der Waals surface area contributed by atoms with Crippen LogP contribution in [0.2, 0.25) is 0 Å². The van der Waals surface area contributed by atoms with E-state index in [-0.39, 0.29) is 0 Å². The van der Waals surface area contributed by atoms with Gasteiger partial charge < -0.3 is 5.32 Å². The fraction of sp³-hybridized carbons (Fsp3) is 0.688. The molecule has 2 rings (SSSR count). The second-order valence-electron chi connectivity index (χ2n) is 5.89. The third-order valence-electron chi connectivity index (χ3n) is 4.23. The Labute approximate surface area is 111 Å². The molecule has 1 aliphatic carbocycles. The van der Waals surface area contributed by atoms with Crippen LogP contribution < -0.4 is 5.32 Å². The number of nitrogens with zero attached hydrogens (tertiary/aromatic N) is 1. The Hall–Kier alpha value is -0.890. The molecule has 3 unspecified atom stereocenters. The van der Waals surface area contributed by atoms with Gasteiger partial charge in [-0.2, -0.15) is 0 Å². The Kier molecular flexibility index (Phi) is 5.18. The molecule has 2 nitrogen and oxygen atoms in total. The molecule has 100 valence electrons. The highest BCUT2D eigenvalue weighted by Crippen LogP contribution is 2.30.